The maximum atomic E-state index is 11.6. The number of amides is 1. The lowest BCUT2D eigenvalue weighted by Gasteiger charge is -2.40. The van der Waals surface area contributed by atoms with Crippen molar-refractivity contribution in [2.45, 2.75) is 58.3 Å². The number of nitrogens with one attached hydrogen (secondary N) is 1. The second kappa shape index (κ2) is 6.38. The Hall–Kier alpha value is -0.810. The second-order valence-corrected chi connectivity index (χ2v) is 6.03. The Morgan fingerprint density at radius 2 is 2.11 bits per heavy atom. The summed E-state index contributed by atoms with van der Waals surface area (Å²) in [6.07, 6.45) is 1.31. The van der Waals surface area contributed by atoms with E-state index < -0.39 is 5.60 Å². The van der Waals surface area contributed by atoms with Gasteiger partial charge < -0.3 is 20.1 Å². The van der Waals surface area contributed by atoms with Gasteiger partial charge in [0, 0.05) is 19.1 Å². The number of aliphatic hydroxyl groups is 1. The van der Waals surface area contributed by atoms with E-state index in [0.29, 0.717) is 19.1 Å². The molecule has 1 fully saturated rings. The van der Waals surface area contributed by atoms with Crippen LogP contribution in [0.2, 0.25) is 0 Å². The van der Waals surface area contributed by atoms with Gasteiger partial charge in [-0.2, -0.15) is 0 Å². The third-order valence-corrected chi connectivity index (χ3v) is 2.76. The fraction of sp³-hybridized carbons (Fsp3) is 0.923. The summed E-state index contributed by atoms with van der Waals surface area (Å²) in [4.78, 5) is 13.4. The number of aliphatic hydroxyl groups excluding tert-OH is 1. The zero-order valence-electron chi connectivity index (χ0n) is 11.9. The molecule has 0 saturated carbocycles. The van der Waals surface area contributed by atoms with Crippen molar-refractivity contribution in [3.05, 3.63) is 0 Å². The fourth-order valence-corrected chi connectivity index (χ4v) is 1.79. The first-order valence-electron chi connectivity index (χ1n) is 6.67. The standard InChI is InChI=1S/C13H26N2O3/c1-10(16)6-5-7-14-11-8-15(9-11)12(17)18-13(2,3)4/h10-11,14,16H,5-9H2,1-4H3. The zero-order chi connectivity index (χ0) is 13.8. The SMILES string of the molecule is CC(O)CCCNC1CN(C(=O)OC(C)(C)C)C1. The van der Waals surface area contributed by atoms with Crippen LogP contribution >= 0.6 is 0 Å². The Kier molecular flexibility index (Phi) is 5.41. The van der Waals surface area contributed by atoms with E-state index in [9.17, 15) is 4.79 Å². The molecule has 0 aliphatic carbocycles. The minimum absolute atomic E-state index is 0.230. The summed E-state index contributed by atoms with van der Waals surface area (Å²) in [5.41, 5.74) is -0.424. The molecule has 1 aliphatic heterocycles. The molecule has 0 aromatic rings. The number of likely N-dealkylation sites (tertiary alicyclic amines) is 1. The monoisotopic (exact) mass is 258 g/mol. The predicted molar refractivity (Wildman–Crippen MR) is 70.5 cm³/mol. The van der Waals surface area contributed by atoms with Gasteiger partial charge in [0.05, 0.1) is 6.10 Å². The quantitative estimate of drug-likeness (QED) is 0.731. The average Bonchev–Trinajstić information content (AvgIpc) is 2.10. The minimum atomic E-state index is -0.424. The van der Waals surface area contributed by atoms with Crippen LogP contribution in [0.3, 0.4) is 0 Å². The van der Waals surface area contributed by atoms with Crippen LogP contribution in [0.5, 0.6) is 0 Å². The van der Waals surface area contributed by atoms with E-state index in [0.717, 1.165) is 19.4 Å². The van der Waals surface area contributed by atoms with Gasteiger partial charge in [-0.1, -0.05) is 0 Å². The van der Waals surface area contributed by atoms with E-state index in [1.807, 2.05) is 20.8 Å². The van der Waals surface area contributed by atoms with Gasteiger partial charge in [0.1, 0.15) is 5.60 Å². The highest BCUT2D eigenvalue weighted by Crippen LogP contribution is 2.15. The summed E-state index contributed by atoms with van der Waals surface area (Å²) in [5, 5.41) is 12.5. The van der Waals surface area contributed by atoms with Crippen molar-refractivity contribution in [1.82, 2.24) is 10.2 Å². The molecule has 5 nitrogen and oxygen atoms in total. The lowest BCUT2D eigenvalue weighted by Crippen LogP contribution is -2.60. The molecule has 1 aliphatic rings. The van der Waals surface area contributed by atoms with Gasteiger partial charge in [-0.25, -0.2) is 4.79 Å². The number of rotatable bonds is 5. The molecule has 0 aromatic carbocycles. The van der Waals surface area contributed by atoms with Crippen LogP contribution in [0.1, 0.15) is 40.5 Å². The Balaban J connectivity index is 2.07. The molecule has 1 saturated heterocycles. The molecule has 5 heteroatoms. The molecule has 1 atom stereocenters. The molecule has 106 valence electrons. The van der Waals surface area contributed by atoms with Gasteiger partial charge in [-0.3, -0.25) is 0 Å². The van der Waals surface area contributed by atoms with Crippen molar-refractivity contribution in [1.29, 1.82) is 0 Å². The molecule has 0 radical (unpaired) electrons. The van der Waals surface area contributed by atoms with E-state index in [1.54, 1.807) is 11.8 Å². The molecule has 0 aromatic heterocycles. The van der Waals surface area contributed by atoms with Gasteiger partial charge >= 0.3 is 6.09 Å². The number of hydrogen-bond acceptors (Lipinski definition) is 4. The molecule has 0 bridgehead atoms. The topological polar surface area (TPSA) is 61.8 Å². The van der Waals surface area contributed by atoms with Crippen molar-refractivity contribution in [2.75, 3.05) is 19.6 Å². The first-order valence-corrected chi connectivity index (χ1v) is 6.67. The van der Waals surface area contributed by atoms with Crippen molar-refractivity contribution < 1.29 is 14.6 Å². The van der Waals surface area contributed by atoms with Gasteiger partial charge in [-0.15, -0.1) is 0 Å². The first kappa shape index (κ1) is 15.2. The number of carbonyl (C=O) groups excluding carboxylic acids is 1. The van der Waals surface area contributed by atoms with Gasteiger partial charge in [0.15, 0.2) is 0 Å². The van der Waals surface area contributed by atoms with Crippen molar-refractivity contribution >= 4 is 6.09 Å². The normalized spacial score (nSPS) is 18.4. The maximum absolute atomic E-state index is 11.6. The van der Waals surface area contributed by atoms with Crippen molar-refractivity contribution in [2.24, 2.45) is 0 Å². The average molecular weight is 258 g/mol. The van der Waals surface area contributed by atoms with Crippen LogP contribution in [0.4, 0.5) is 4.79 Å². The lowest BCUT2D eigenvalue weighted by atomic mass is 10.1. The highest BCUT2D eigenvalue weighted by Gasteiger charge is 2.33. The second-order valence-electron chi connectivity index (χ2n) is 6.03. The minimum Gasteiger partial charge on any atom is -0.444 e. The van der Waals surface area contributed by atoms with Crippen LogP contribution in [0.15, 0.2) is 0 Å². The number of carbonyl (C=O) groups is 1. The van der Waals surface area contributed by atoms with E-state index >= 15 is 0 Å². The van der Waals surface area contributed by atoms with Gasteiger partial charge in [0.25, 0.3) is 0 Å². The molecule has 1 amide bonds. The van der Waals surface area contributed by atoms with Crippen LogP contribution in [0, 0.1) is 0 Å². The smallest absolute Gasteiger partial charge is 0.410 e. The molecule has 2 N–H and O–H groups in total. The maximum Gasteiger partial charge on any atom is 0.410 e. The van der Waals surface area contributed by atoms with Gasteiger partial charge in [0.2, 0.25) is 0 Å². The summed E-state index contributed by atoms with van der Waals surface area (Å²) in [5.74, 6) is 0. The number of hydrogen-bond donors (Lipinski definition) is 2. The zero-order valence-corrected chi connectivity index (χ0v) is 11.9. The van der Waals surface area contributed by atoms with E-state index in [2.05, 4.69) is 5.32 Å². The molecular formula is C13H26N2O3. The summed E-state index contributed by atoms with van der Waals surface area (Å²) >= 11 is 0. The largest absolute Gasteiger partial charge is 0.444 e. The molecule has 0 spiro atoms. The fourth-order valence-electron chi connectivity index (χ4n) is 1.79. The van der Waals surface area contributed by atoms with Crippen LogP contribution < -0.4 is 5.32 Å². The van der Waals surface area contributed by atoms with Crippen LogP contribution in [-0.2, 0) is 4.74 Å². The molecule has 18 heavy (non-hydrogen) atoms. The number of ether oxygens (including phenoxy) is 1. The number of nitrogens with zero attached hydrogens (tertiary/aromatic N) is 1. The summed E-state index contributed by atoms with van der Waals surface area (Å²) in [6.45, 7) is 9.72. The van der Waals surface area contributed by atoms with Crippen LogP contribution in [-0.4, -0.2) is 53.5 Å². The predicted octanol–water partition coefficient (Wildman–Crippen LogP) is 1.36. The summed E-state index contributed by atoms with van der Waals surface area (Å²) in [7, 11) is 0. The van der Waals surface area contributed by atoms with E-state index in [1.165, 1.54) is 0 Å². The highest BCUT2D eigenvalue weighted by atomic mass is 16.6. The Bertz CT molecular complexity index is 268. The highest BCUT2D eigenvalue weighted by molar-refractivity contribution is 5.69. The molecular weight excluding hydrogens is 232 g/mol. The van der Waals surface area contributed by atoms with Gasteiger partial charge in [-0.05, 0) is 47.1 Å². The van der Waals surface area contributed by atoms with E-state index in [4.69, 9.17) is 9.84 Å². The summed E-state index contributed by atoms with van der Waals surface area (Å²) in [6, 6.07) is 0.367. The molecule has 1 rings (SSSR count). The third kappa shape index (κ3) is 5.69. The van der Waals surface area contributed by atoms with Crippen molar-refractivity contribution in [3.63, 3.8) is 0 Å². The Morgan fingerprint density at radius 3 is 2.61 bits per heavy atom. The first-order chi connectivity index (χ1) is 8.28. The lowest BCUT2D eigenvalue weighted by molar-refractivity contribution is 0.00531. The third-order valence-electron chi connectivity index (χ3n) is 2.76. The Morgan fingerprint density at radius 1 is 1.50 bits per heavy atom. The molecule has 1 heterocycles. The van der Waals surface area contributed by atoms with Crippen LogP contribution in [0.25, 0.3) is 0 Å². The van der Waals surface area contributed by atoms with Crippen molar-refractivity contribution in [3.8, 4) is 0 Å². The summed E-state index contributed by atoms with van der Waals surface area (Å²) < 4.78 is 5.27. The molecule has 1 unspecified atom stereocenters. The van der Waals surface area contributed by atoms with E-state index in [-0.39, 0.29) is 12.2 Å². The Labute approximate surface area is 109 Å².